The molecular formula is C16H22ClN3O2. The van der Waals surface area contributed by atoms with Crippen LogP contribution in [0.5, 0.6) is 0 Å². The number of anilines is 1. The Morgan fingerprint density at radius 2 is 1.91 bits per heavy atom. The molecule has 0 aromatic heterocycles. The van der Waals surface area contributed by atoms with Crippen LogP contribution in [0.25, 0.3) is 0 Å². The summed E-state index contributed by atoms with van der Waals surface area (Å²) in [5.41, 5.74) is 1.07. The number of amides is 2. The lowest BCUT2D eigenvalue weighted by Gasteiger charge is -2.36. The predicted octanol–water partition coefficient (Wildman–Crippen LogP) is 1.90. The van der Waals surface area contributed by atoms with Crippen molar-refractivity contribution in [2.24, 2.45) is 0 Å². The van der Waals surface area contributed by atoms with Crippen molar-refractivity contribution in [2.75, 3.05) is 31.1 Å². The third kappa shape index (κ3) is 4.63. The van der Waals surface area contributed by atoms with Crippen molar-refractivity contribution in [1.82, 2.24) is 10.2 Å². The highest BCUT2D eigenvalue weighted by molar-refractivity contribution is 6.30. The Labute approximate surface area is 136 Å². The van der Waals surface area contributed by atoms with Gasteiger partial charge in [-0.25, -0.2) is 0 Å². The van der Waals surface area contributed by atoms with Gasteiger partial charge in [-0.2, -0.15) is 0 Å². The molecule has 0 unspecified atom stereocenters. The maximum absolute atomic E-state index is 12.1. The number of benzene rings is 1. The standard InChI is InChI=1S/C16H22ClN3O2/c1-12(2)18-15(21)11-16(22)20-8-6-19(7-9-20)14-5-3-4-13(17)10-14/h3-5,10,12H,6-9,11H2,1-2H3,(H,18,21). The second-order valence-electron chi connectivity index (χ2n) is 5.75. The summed E-state index contributed by atoms with van der Waals surface area (Å²) in [4.78, 5) is 27.7. The van der Waals surface area contributed by atoms with Crippen molar-refractivity contribution >= 4 is 29.1 Å². The molecule has 0 saturated carbocycles. The normalized spacial score (nSPS) is 15.1. The lowest BCUT2D eigenvalue weighted by Crippen LogP contribution is -2.49. The van der Waals surface area contributed by atoms with E-state index in [9.17, 15) is 9.59 Å². The number of nitrogens with zero attached hydrogens (tertiary/aromatic N) is 2. The molecule has 5 nitrogen and oxygen atoms in total. The fourth-order valence-corrected chi connectivity index (χ4v) is 2.69. The number of nitrogens with one attached hydrogen (secondary N) is 1. The lowest BCUT2D eigenvalue weighted by atomic mass is 10.2. The summed E-state index contributed by atoms with van der Waals surface area (Å²) in [6.45, 7) is 6.51. The smallest absolute Gasteiger partial charge is 0.232 e. The van der Waals surface area contributed by atoms with Gasteiger partial charge in [0.05, 0.1) is 0 Å². The average Bonchev–Trinajstić information content (AvgIpc) is 2.46. The summed E-state index contributed by atoms with van der Waals surface area (Å²) in [5.74, 6) is -0.318. The molecule has 1 aromatic rings. The molecule has 0 bridgehead atoms. The van der Waals surface area contributed by atoms with Gasteiger partial charge in [-0.05, 0) is 32.0 Å². The van der Waals surface area contributed by atoms with Crippen LogP contribution in [0.3, 0.4) is 0 Å². The summed E-state index contributed by atoms with van der Waals surface area (Å²) in [5, 5.41) is 3.45. The zero-order valence-electron chi connectivity index (χ0n) is 13.0. The Hall–Kier alpha value is -1.75. The van der Waals surface area contributed by atoms with E-state index in [-0.39, 0.29) is 24.3 Å². The van der Waals surface area contributed by atoms with Gasteiger partial charge in [0, 0.05) is 42.9 Å². The highest BCUT2D eigenvalue weighted by atomic mass is 35.5. The van der Waals surface area contributed by atoms with E-state index < -0.39 is 0 Å². The molecule has 1 fully saturated rings. The van der Waals surface area contributed by atoms with E-state index in [1.165, 1.54) is 0 Å². The Bertz CT molecular complexity index is 540. The third-order valence-corrected chi connectivity index (χ3v) is 3.80. The van der Waals surface area contributed by atoms with Gasteiger partial charge in [0.2, 0.25) is 11.8 Å². The van der Waals surface area contributed by atoms with E-state index in [1.54, 1.807) is 4.90 Å². The maximum atomic E-state index is 12.1. The number of carbonyl (C=O) groups is 2. The van der Waals surface area contributed by atoms with Crippen molar-refractivity contribution in [3.63, 3.8) is 0 Å². The molecule has 0 atom stereocenters. The van der Waals surface area contributed by atoms with Crippen LogP contribution >= 0.6 is 11.6 Å². The molecule has 1 aliphatic rings. The van der Waals surface area contributed by atoms with Gasteiger partial charge in [-0.3, -0.25) is 9.59 Å². The van der Waals surface area contributed by atoms with Crippen molar-refractivity contribution in [3.05, 3.63) is 29.3 Å². The SMILES string of the molecule is CC(C)NC(=O)CC(=O)N1CCN(c2cccc(Cl)c2)CC1. The zero-order chi connectivity index (χ0) is 16.1. The van der Waals surface area contributed by atoms with Gasteiger partial charge in [0.25, 0.3) is 0 Å². The summed E-state index contributed by atoms with van der Waals surface area (Å²) >= 11 is 6.01. The number of rotatable bonds is 4. The van der Waals surface area contributed by atoms with Gasteiger partial charge < -0.3 is 15.1 Å². The van der Waals surface area contributed by atoms with Crippen molar-refractivity contribution in [3.8, 4) is 0 Å². The van der Waals surface area contributed by atoms with Crippen molar-refractivity contribution < 1.29 is 9.59 Å². The van der Waals surface area contributed by atoms with Gasteiger partial charge >= 0.3 is 0 Å². The Morgan fingerprint density at radius 1 is 1.23 bits per heavy atom. The third-order valence-electron chi connectivity index (χ3n) is 3.57. The molecule has 0 radical (unpaired) electrons. The summed E-state index contributed by atoms with van der Waals surface area (Å²) in [7, 11) is 0. The number of piperazine rings is 1. The quantitative estimate of drug-likeness (QED) is 0.861. The minimum Gasteiger partial charge on any atom is -0.368 e. The number of hydrogen-bond acceptors (Lipinski definition) is 3. The number of carbonyl (C=O) groups excluding carboxylic acids is 2. The fourth-order valence-electron chi connectivity index (χ4n) is 2.51. The number of hydrogen-bond donors (Lipinski definition) is 1. The van der Waals surface area contributed by atoms with Gasteiger partial charge in [-0.1, -0.05) is 17.7 Å². The highest BCUT2D eigenvalue weighted by Crippen LogP contribution is 2.20. The summed E-state index contributed by atoms with van der Waals surface area (Å²) < 4.78 is 0. The van der Waals surface area contributed by atoms with E-state index in [4.69, 9.17) is 11.6 Å². The molecule has 1 aromatic carbocycles. The molecule has 2 rings (SSSR count). The van der Waals surface area contributed by atoms with E-state index in [2.05, 4.69) is 10.2 Å². The maximum Gasteiger partial charge on any atom is 0.232 e. The molecule has 120 valence electrons. The van der Waals surface area contributed by atoms with Crippen molar-refractivity contribution in [2.45, 2.75) is 26.3 Å². The van der Waals surface area contributed by atoms with E-state index in [0.29, 0.717) is 18.1 Å². The molecule has 0 aliphatic carbocycles. The lowest BCUT2D eigenvalue weighted by molar-refractivity contribution is -0.136. The molecule has 0 spiro atoms. The van der Waals surface area contributed by atoms with Crippen LogP contribution in [0, 0.1) is 0 Å². The molecule has 1 N–H and O–H groups in total. The molecule has 2 amide bonds. The van der Waals surface area contributed by atoms with E-state index in [1.807, 2.05) is 38.1 Å². The average molecular weight is 324 g/mol. The van der Waals surface area contributed by atoms with Gasteiger partial charge in [0.15, 0.2) is 0 Å². The minimum atomic E-state index is -0.211. The second kappa shape index (κ2) is 7.49. The van der Waals surface area contributed by atoms with Crippen LogP contribution in [0.15, 0.2) is 24.3 Å². The van der Waals surface area contributed by atoms with Crippen LogP contribution in [0.2, 0.25) is 5.02 Å². The topological polar surface area (TPSA) is 52.7 Å². The van der Waals surface area contributed by atoms with Crippen molar-refractivity contribution in [1.29, 1.82) is 0 Å². The zero-order valence-corrected chi connectivity index (χ0v) is 13.8. The monoisotopic (exact) mass is 323 g/mol. The molecular weight excluding hydrogens is 302 g/mol. The van der Waals surface area contributed by atoms with Crippen LogP contribution in [-0.4, -0.2) is 48.9 Å². The first-order chi connectivity index (χ1) is 10.5. The second-order valence-corrected chi connectivity index (χ2v) is 6.18. The first-order valence-corrected chi connectivity index (χ1v) is 7.91. The molecule has 1 aliphatic heterocycles. The minimum absolute atomic E-state index is 0.0555. The van der Waals surface area contributed by atoms with Crippen LogP contribution in [0.4, 0.5) is 5.69 Å². The van der Waals surface area contributed by atoms with Gasteiger partial charge in [0.1, 0.15) is 6.42 Å². The molecule has 1 heterocycles. The molecule has 6 heteroatoms. The van der Waals surface area contributed by atoms with Crippen LogP contribution < -0.4 is 10.2 Å². The van der Waals surface area contributed by atoms with E-state index in [0.717, 1.165) is 18.8 Å². The Balaban J connectivity index is 1.84. The number of halogens is 1. The van der Waals surface area contributed by atoms with Crippen LogP contribution in [-0.2, 0) is 9.59 Å². The first kappa shape index (κ1) is 16.6. The Kier molecular flexibility index (Phi) is 5.66. The largest absolute Gasteiger partial charge is 0.368 e. The summed E-state index contributed by atoms with van der Waals surface area (Å²) in [6, 6.07) is 7.76. The molecule has 22 heavy (non-hydrogen) atoms. The van der Waals surface area contributed by atoms with Crippen LogP contribution in [0.1, 0.15) is 20.3 Å². The molecule has 1 saturated heterocycles. The Morgan fingerprint density at radius 3 is 2.50 bits per heavy atom. The fraction of sp³-hybridized carbons (Fsp3) is 0.500. The predicted molar refractivity (Wildman–Crippen MR) is 88.1 cm³/mol. The van der Waals surface area contributed by atoms with E-state index >= 15 is 0 Å². The van der Waals surface area contributed by atoms with Gasteiger partial charge in [-0.15, -0.1) is 0 Å². The summed E-state index contributed by atoms with van der Waals surface area (Å²) in [6.07, 6.45) is -0.0741. The first-order valence-electron chi connectivity index (χ1n) is 7.53. The highest BCUT2D eigenvalue weighted by Gasteiger charge is 2.23.